The molecule has 0 aromatic heterocycles. The first-order chi connectivity index (χ1) is 4.22. The summed E-state index contributed by atoms with van der Waals surface area (Å²) in [6.45, 7) is 6.23. The van der Waals surface area contributed by atoms with E-state index in [0.29, 0.717) is 0 Å². The summed E-state index contributed by atoms with van der Waals surface area (Å²) in [7, 11) is 0. The van der Waals surface area contributed by atoms with Crippen molar-refractivity contribution >= 4 is 5.71 Å². The van der Waals surface area contributed by atoms with Crippen LogP contribution >= 0.6 is 0 Å². The second-order valence-electron chi connectivity index (χ2n) is 2.34. The Bertz CT molecular complexity index is 207. The topological polar surface area (TPSA) is 14.1 Å². The number of allylic oxidation sites excluding steroid dienone is 3. The van der Waals surface area contributed by atoms with E-state index in [0.717, 1.165) is 5.71 Å². The summed E-state index contributed by atoms with van der Waals surface area (Å²) in [6.07, 6.45) is 3.88. The predicted molar refractivity (Wildman–Crippen MR) is 40.3 cm³/mol. The molecule has 0 unspecified atom stereocenters. The van der Waals surface area contributed by atoms with Gasteiger partial charge in [0.15, 0.2) is 0 Å². The van der Waals surface area contributed by atoms with Gasteiger partial charge in [0.05, 0.1) is 4.99 Å². The van der Waals surface area contributed by atoms with Gasteiger partial charge < -0.3 is 0 Å². The standard InChI is InChI=1S/C8H11N/c1-6-4-5-9-8(3)7(6)2/h4-5H,1-3H3/q+1. The summed E-state index contributed by atoms with van der Waals surface area (Å²) in [5.41, 5.74) is 3.76. The van der Waals surface area contributed by atoms with Crippen molar-refractivity contribution in [2.24, 2.45) is 0 Å². The highest BCUT2D eigenvalue weighted by Crippen LogP contribution is 2.07. The quantitative estimate of drug-likeness (QED) is 0.462. The molecule has 0 saturated heterocycles. The third kappa shape index (κ3) is 1.10. The van der Waals surface area contributed by atoms with Crippen LogP contribution in [0.2, 0.25) is 0 Å². The van der Waals surface area contributed by atoms with Gasteiger partial charge in [-0.3, -0.25) is 0 Å². The molecule has 0 saturated carbocycles. The Balaban J connectivity index is 3.06. The Morgan fingerprint density at radius 3 is 2.33 bits per heavy atom. The normalized spacial score (nSPS) is 18.3. The van der Waals surface area contributed by atoms with Crippen LogP contribution in [0, 0.1) is 0 Å². The van der Waals surface area contributed by atoms with Crippen LogP contribution in [0.15, 0.2) is 23.4 Å². The molecule has 1 heteroatoms. The van der Waals surface area contributed by atoms with Gasteiger partial charge in [0.25, 0.3) is 5.71 Å². The van der Waals surface area contributed by atoms with E-state index in [-0.39, 0.29) is 0 Å². The molecular formula is C8H11N+. The molecule has 47 valence electrons. The fourth-order valence-corrected chi connectivity index (χ4v) is 0.768. The van der Waals surface area contributed by atoms with Crippen LogP contribution < -0.4 is 4.99 Å². The smallest absolute Gasteiger partial charge is 0.0390 e. The summed E-state index contributed by atoms with van der Waals surface area (Å²) in [5, 5.41) is 0. The van der Waals surface area contributed by atoms with E-state index in [4.69, 9.17) is 0 Å². The minimum absolute atomic E-state index is 1.13. The number of hydrogen-bond acceptors (Lipinski definition) is 1. The van der Waals surface area contributed by atoms with Gasteiger partial charge >= 0.3 is 0 Å². The number of aliphatic imine (C=N–C) groups is 1. The average molecular weight is 121 g/mol. The van der Waals surface area contributed by atoms with E-state index < -0.39 is 0 Å². The van der Waals surface area contributed by atoms with Gasteiger partial charge in [-0.15, -0.1) is 0 Å². The Kier molecular flexibility index (Phi) is 1.52. The van der Waals surface area contributed by atoms with Crippen LogP contribution in [0.4, 0.5) is 0 Å². The zero-order valence-electron chi connectivity index (χ0n) is 6.10. The van der Waals surface area contributed by atoms with Gasteiger partial charge in [-0.05, 0) is 19.4 Å². The van der Waals surface area contributed by atoms with Crippen LogP contribution in [-0.4, -0.2) is 5.71 Å². The second-order valence-corrected chi connectivity index (χ2v) is 2.34. The lowest BCUT2D eigenvalue weighted by Gasteiger charge is -1.96. The lowest BCUT2D eigenvalue weighted by Crippen LogP contribution is -2.05. The SMILES string of the molecule is CC1=[N+]C=CC(C)=C1C. The molecule has 1 aliphatic rings. The molecule has 0 bridgehead atoms. The zero-order chi connectivity index (χ0) is 6.85. The predicted octanol–water partition coefficient (Wildman–Crippen LogP) is 1.65. The van der Waals surface area contributed by atoms with Crippen LogP contribution in [0.5, 0.6) is 0 Å². The third-order valence-corrected chi connectivity index (χ3v) is 1.73. The molecule has 0 amide bonds. The maximum atomic E-state index is 4.14. The first kappa shape index (κ1) is 6.27. The molecule has 1 heterocycles. The lowest BCUT2D eigenvalue weighted by molar-refractivity contribution is 1.25. The minimum atomic E-state index is 1.13. The molecule has 0 aliphatic carbocycles. The van der Waals surface area contributed by atoms with Crippen LogP contribution in [0.25, 0.3) is 0 Å². The first-order valence-corrected chi connectivity index (χ1v) is 3.10. The number of hydrogen-bond donors (Lipinski definition) is 0. The molecular weight excluding hydrogens is 110 g/mol. The van der Waals surface area contributed by atoms with Gasteiger partial charge in [0.2, 0.25) is 6.20 Å². The monoisotopic (exact) mass is 121 g/mol. The molecule has 1 nitrogen and oxygen atoms in total. The summed E-state index contributed by atoms with van der Waals surface area (Å²) in [6, 6.07) is 0. The van der Waals surface area contributed by atoms with Gasteiger partial charge in [0.1, 0.15) is 0 Å². The fourth-order valence-electron chi connectivity index (χ4n) is 0.768. The van der Waals surface area contributed by atoms with Crippen LogP contribution in [0.1, 0.15) is 20.8 Å². The van der Waals surface area contributed by atoms with Gasteiger partial charge in [-0.1, -0.05) is 0 Å². The second kappa shape index (κ2) is 2.18. The molecule has 9 heavy (non-hydrogen) atoms. The summed E-state index contributed by atoms with van der Waals surface area (Å²) in [4.78, 5) is 4.14. The maximum absolute atomic E-state index is 4.14. The van der Waals surface area contributed by atoms with E-state index in [1.54, 1.807) is 0 Å². The number of rotatable bonds is 0. The molecule has 0 aromatic carbocycles. The third-order valence-electron chi connectivity index (χ3n) is 1.73. The Labute approximate surface area is 55.8 Å². The zero-order valence-corrected chi connectivity index (χ0v) is 6.10. The average Bonchev–Trinajstić information content (AvgIpc) is 1.83. The molecule has 1 rings (SSSR count). The summed E-state index contributed by atoms with van der Waals surface area (Å²) >= 11 is 0. The first-order valence-electron chi connectivity index (χ1n) is 3.10. The van der Waals surface area contributed by atoms with Crippen molar-refractivity contribution in [1.29, 1.82) is 0 Å². The summed E-state index contributed by atoms with van der Waals surface area (Å²) < 4.78 is 0. The van der Waals surface area contributed by atoms with E-state index in [2.05, 4.69) is 18.8 Å². The molecule has 0 fully saturated rings. The summed E-state index contributed by atoms with van der Waals surface area (Å²) in [5.74, 6) is 0. The highest BCUT2D eigenvalue weighted by molar-refractivity contribution is 5.98. The molecule has 0 spiro atoms. The van der Waals surface area contributed by atoms with Gasteiger partial charge in [0, 0.05) is 18.6 Å². The largest absolute Gasteiger partial charge is 0.254 e. The highest BCUT2D eigenvalue weighted by Gasteiger charge is 2.10. The van der Waals surface area contributed by atoms with Crippen LogP contribution in [-0.2, 0) is 0 Å². The van der Waals surface area contributed by atoms with Crippen molar-refractivity contribution < 1.29 is 0 Å². The molecule has 0 atom stereocenters. The lowest BCUT2D eigenvalue weighted by atomic mass is 10.1. The molecule has 1 radical (unpaired) electrons. The van der Waals surface area contributed by atoms with Gasteiger partial charge in [-0.25, -0.2) is 0 Å². The Morgan fingerprint density at radius 1 is 1.22 bits per heavy atom. The number of nitrogens with zero attached hydrogens (tertiary/aromatic N) is 1. The molecule has 0 N–H and O–H groups in total. The fraction of sp³-hybridized carbons (Fsp3) is 0.375. The highest BCUT2D eigenvalue weighted by atomic mass is 14.7. The maximum Gasteiger partial charge on any atom is 0.254 e. The minimum Gasteiger partial charge on any atom is -0.0390 e. The van der Waals surface area contributed by atoms with E-state index in [9.17, 15) is 0 Å². The van der Waals surface area contributed by atoms with E-state index in [1.807, 2.05) is 19.2 Å². The molecule has 0 aromatic rings. The van der Waals surface area contributed by atoms with Crippen molar-refractivity contribution in [1.82, 2.24) is 4.99 Å². The van der Waals surface area contributed by atoms with Crippen molar-refractivity contribution in [3.63, 3.8) is 0 Å². The Morgan fingerprint density at radius 2 is 1.89 bits per heavy atom. The van der Waals surface area contributed by atoms with Crippen molar-refractivity contribution in [3.05, 3.63) is 23.4 Å². The van der Waals surface area contributed by atoms with Crippen molar-refractivity contribution in [2.75, 3.05) is 0 Å². The van der Waals surface area contributed by atoms with Gasteiger partial charge in [-0.2, -0.15) is 0 Å². The van der Waals surface area contributed by atoms with E-state index >= 15 is 0 Å². The van der Waals surface area contributed by atoms with Crippen molar-refractivity contribution in [2.45, 2.75) is 20.8 Å². The van der Waals surface area contributed by atoms with Crippen LogP contribution in [0.3, 0.4) is 0 Å². The van der Waals surface area contributed by atoms with Crippen molar-refractivity contribution in [3.8, 4) is 0 Å². The Hall–Kier alpha value is -0.850. The van der Waals surface area contributed by atoms with E-state index in [1.165, 1.54) is 11.1 Å². The molecule has 1 aliphatic heterocycles.